The maximum Gasteiger partial charge on any atom is 0.222 e. The number of ether oxygens (including phenoxy) is 1. The lowest BCUT2D eigenvalue weighted by Crippen LogP contribution is -2.02. The second kappa shape index (κ2) is 7.40. The Balaban J connectivity index is 1.54. The largest absolute Gasteiger partial charge is 0.457 e. The summed E-state index contributed by atoms with van der Waals surface area (Å²) in [4.78, 5) is 8.57. The molecule has 140 valence electrons. The lowest BCUT2D eigenvalue weighted by molar-refractivity contribution is 0.393. The Morgan fingerprint density at radius 3 is 2.32 bits per heavy atom. The van der Waals surface area contributed by atoms with Crippen LogP contribution in [0.25, 0.3) is 11.3 Å². The summed E-state index contributed by atoms with van der Waals surface area (Å²) < 4.78 is 11.0. The van der Waals surface area contributed by atoms with E-state index in [9.17, 15) is 0 Å². The number of hydrogen-bond donors (Lipinski definition) is 2. The summed E-state index contributed by atoms with van der Waals surface area (Å²) in [7, 11) is 0. The van der Waals surface area contributed by atoms with E-state index in [0.29, 0.717) is 17.3 Å². The van der Waals surface area contributed by atoms with E-state index in [2.05, 4.69) is 20.4 Å². The monoisotopic (exact) mass is 373 g/mol. The van der Waals surface area contributed by atoms with Gasteiger partial charge in [-0.05, 0) is 50.2 Å². The van der Waals surface area contributed by atoms with Crippen LogP contribution in [0.5, 0.6) is 11.5 Å². The van der Waals surface area contributed by atoms with Crippen LogP contribution < -0.4 is 15.8 Å². The molecule has 0 aliphatic carbocycles. The molecule has 2 heterocycles. The third kappa shape index (κ3) is 3.78. The fourth-order valence-electron chi connectivity index (χ4n) is 2.89. The Morgan fingerprint density at radius 2 is 1.64 bits per heavy atom. The zero-order valence-corrected chi connectivity index (χ0v) is 15.5. The molecule has 0 unspecified atom stereocenters. The van der Waals surface area contributed by atoms with Crippen molar-refractivity contribution >= 4 is 17.5 Å². The fourth-order valence-corrected chi connectivity index (χ4v) is 2.89. The Kier molecular flexibility index (Phi) is 4.63. The Labute approximate surface area is 162 Å². The zero-order chi connectivity index (χ0) is 19.5. The molecule has 0 bridgehead atoms. The van der Waals surface area contributed by atoms with Gasteiger partial charge >= 0.3 is 0 Å². The minimum atomic E-state index is 0.170. The zero-order valence-electron chi connectivity index (χ0n) is 15.5. The summed E-state index contributed by atoms with van der Waals surface area (Å²) in [5.74, 6) is 2.97. The molecule has 4 rings (SSSR count). The first kappa shape index (κ1) is 17.5. The van der Waals surface area contributed by atoms with Gasteiger partial charge in [0.05, 0.1) is 17.0 Å². The predicted molar refractivity (Wildman–Crippen MR) is 108 cm³/mol. The molecule has 3 N–H and O–H groups in total. The van der Waals surface area contributed by atoms with E-state index in [1.165, 1.54) is 0 Å². The van der Waals surface area contributed by atoms with Gasteiger partial charge in [-0.25, -0.2) is 4.98 Å². The fraction of sp³-hybridized carbons (Fsp3) is 0.0952. The van der Waals surface area contributed by atoms with E-state index in [1.54, 1.807) is 0 Å². The van der Waals surface area contributed by atoms with Crippen molar-refractivity contribution in [3.05, 3.63) is 72.1 Å². The number of anilines is 3. The van der Waals surface area contributed by atoms with Gasteiger partial charge in [0.25, 0.3) is 0 Å². The molecule has 0 fully saturated rings. The summed E-state index contributed by atoms with van der Waals surface area (Å²) >= 11 is 0. The maximum absolute atomic E-state index is 5.90. The quantitative estimate of drug-likeness (QED) is 0.515. The van der Waals surface area contributed by atoms with Gasteiger partial charge in [0, 0.05) is 11.8 Å². The van der Waals surface area contributed by atoms with Gasteiger partial charge in [-0.1, -0.05) is 23.4 Å². The van der Waals surface area contributed by atoms with E-state index >= 15 is 0 Å². The van der Waals surface area contributed by atoms with Crippen molar-refractivity contribution < 1.29 is 9.26 Å². The van der Waals surface area contributed by atoms with Crippen LogP contribution in [-0.4, -0.2) is 15.1 Å². The third-order valence-electron chi connectivity index (χ3n) is 4.14. The molecule has 0 saturated heterocycles. The first-order chi connectivity index (χ1) is 13.6. The van der Waals surface area contributed by atoms with Crippen LogP contribution in [0.1, 0.15) is 11.5 Å². The number of hydrogen-bond acceptors (Lipinski definition) is 7. The molecule has 4 aromatic rings. The number of benzene rings is 2. The molecule has 0 radical (unpaired) electrons. The highest BCUT2D eigenvalue weighted by Crippen LogP contribution is 2.29. The minimum absolute atomic E-state index is 0.170. The Hall–Kier alpha value is -3.87. The van der Waals surface area contributed by atoms with E-state index in [1.807, 2.05) is 74.5 Å². The van der Waals surface area contributed by atoms with Crippen molar-refractivity contribution in [3.8, 4) is 22.8 Å². The number of nitrogens with zero attached hydrogens (tertiary/aromatic N) is 3. The summed E-state index contributed by atoms with van der Waals surface area (Å²) in [6, 6.07) is 19.0. The molecule has 2 aromatic heterocycles. The van der Waals surface area contributed by atoms with E-state index in [4.69, 9.17) is 15.0 Å². The molecule has 0 spiro atoms. The first-order valence-corrected chi connectivity index (χ1v) is 8.76. The number of aromatic nitrogens is 3. The van der Waals surface area contributed by atoms with E-state index < -0.39 is 0 Å². The molecule has 0 aliphatic heterocycles. The SMILES string of the molecule is Cc1noc(C)c1-c1cc(Nc2ccc(Oc3ccccc3)cc2)nc(N)n1. The van der Waals surface area contributed by atoms with E-state index in [0.717, 1.165) is 28.4 Å². The van der Waals surface area contributed by atoms with Crippen molar-refractivity contribution in [2.24, 2.45) is 0 Å². The van der Waals surface area contributed by atoms with Crippen molar-refractivity contribution in [1.29, 1.82) is 0 Å². The summed E-state index contributed by atoms with van der Waals surface area (Å²) in [6.45, 7) is 3.70. The normalized spacial score (nSPS) is 10.6. The number of nitrogen functional groups attached to an aromatic ring is 1. The number of nitrogens with two attached hydrogens (primary N) is 1. The predicted octanol–water partition coefficient (Wildman–Crippen LogP) is 4.87. The number of rotatable bonds is 5. The Morgan fingerprint density at radius 1 is 0.929 bits per heavy atom. The van der Waals surface area contributed by atoms with Gasteiger partial charge in [0.1, 0.15) is 23.1 Å². The molecule has 0 saturated carbocycles. The maximum atomic E-state index is 5.90. The van der Waals surface area contributed by atoms with Crippen LogP contribution >= 0.6 is 0 Å². The van der Waals surface area contributed by atoms with Crippen LogP contribution in [0, 0.1) is 13.8 Å². The lowest BCUT2D eigenvalue weighted by Gasteiger charge is -2.10. The van der Waals surface area contributed by atoms with Gasteiger partial charge in [0.15, 0.2) is 0 Å². The van der Waals surface area contributed by atoms with Crippen molar-refractivity contribution in [2.75, 3.05) is 11.1 Å². The van der Waals surface area contributed by atoms with Crippen molar-refractivity contribution in [2.45, 2.75) is 13.8 Å². The van der Waals surface area contributed by atoms with Crippen molar-refractivity contribution in [3.63, 3.8) is 0 Å². The molecule has 0 amide bonds. The standard InChI is InChI=1S/C21H19N5O2/c1-13-20(14(2)28-26-13)18-12-19(25-21(22)24-18)23-15-8-10-17(11-9-15)27-16-6-4-3-5-7-16/h3-12H,1-2H3,(H3,22,23,24,25). The molecule has 28 heavy (non-hydrogen) atoms. The summed E-state index contributed by atoms with van der Waals surface area (Å²) in [6.07, 6.45) is 0. The second-order valence-electron chi connectivity index (χ2n) is 6.26. The van der Waals surface area contributed by atoms with Crippen LogP contribution in [0.15, 0.2) is 65.2 Å². The van der Waals surface area contributed by atoms with Crippen LogP contribution in [0.3, 0.4) is 0 Å². The summed E-state index contributed by atoms with van der Waals surface area (Å²) in [5, 5.41) is 7.21. The molecule has 7 nitrogen and oxygen atoms in total. The minimum Gasteiger partial charge on any atom is -0.457 e. The van der Waals surface area contributed by atoms with Crippen LogP contribution in [0.4, 0.5) is 17.5 Å². The molecular weight excluding hydrogens is 354 g/mol. The van der Waals surface area contributed by atoms with Gasteiger partial charge in [-0.15, -0.1) is 0 Å². The van der Waals surface area contributed by atoms with Crippen LogP contribution in [0.2, 0.25) is 0 Å². The number of nitrogens with one attached hydrogen (secondary N) is 1. The highest BCUT2D eigenvalue weighted by Gasteiger charge is 2.15. The Bertz CT molecular complexity index is 1070. The molecular formula is C21H19N5O2. The smallest absolute Gasteiger partial charge is 0.222 e. The second-order valence-corrected chi connectivity index (χ2v) is 6.26. The molecule has 0 aliphatic rings. The molecule has 0 atom stereocenters. The highest BCUT2D eigenvalue weighted by molar-refractivity contribution is 5.69. The van der Waals surface area contributed by atoms with Gasteiger partial charge in [-0.2, -0.15) is 4.98 Å². The van der Waals surface area contributed by atoms with Crippen LogP contribution in [-0.2, 0) is 0 Å². The highest BCUT2D eigenvalue weighted by atomic mass is 16.5. The average Bonchev–Trinajstić information content (AvgIpc) is 3.02. The number of aryl methyl sites for hydroxylation is 2. The first-order valence-electron chi connectivity index (χ1n) is 8.76. The molecule has 7 heteroatoms. The number of para-hydroxylation sites is 1. The van der Waals surface area contributed by atoms with Gasteiger partial charge < -0.3 is 20.3 Å². The third-order valence-corrected chi connectivity index (χ3v) is 4.14. The van der Waals surface area contributed by atoms with Gasteiger partial charge in [0.2, 0.25) is 5.95 Å². The topological polar surface area (TPSA) is 99.1 Å². The lowest BCUT2D eigenvalue weighted by atomic mass is 10.1. The molecule has 2 aromatic carbocycles. The van der Waals surface area contributed by atoms with Gasteiger partial charge in [-0.3, -0.25) is 0 Å². The van der Waals surface area contributed by atoms with E-state index in [-0.39, 0.29) is 5.95 Å². The van der Waals surface area contributed by atoms with Crippen molar-refractivity contribution in [1.82, 2.24) is 15.1 Å². The summed E-state index contributed by atoms with van der Waals surface area (Å²) in [5.41, 5.74) is 8.99. The average molecular weight is 373 g/mol.